The highest BCUT2D eigenvalue weighted by molar-refractivity contribution is 6.90. The number of ether oxygens (including phenoxy) is 1. The van der Waals surface area contributed by atoms with Crippen molar-refractivity contribution < 1.29 is 17.8 Å². The molecule has 0 aromatic heterocycles. The number of rotatable bonds is 16. The molecule has 0 saturated carbocycles. The minimum atomic E-state index is -2.22. The maximum Gasteiger partial charge on any atom is 0.333 e. The average Bonchev–Trinajstić information content (AvgIpc) is 2.73. The van der Waals surface area contributed by atoms with Crippen LogP contribution in [0.3, 0.4) is 0 Å². The normalized spacial score (nSPS) is 12.9. The molecule has 0 fully saturated rings. The van der Waals surface area contributed by atoms with Crippen molar-refractivity contribution in [2.24, 2.45) is 0 Å². The lowest BCUT2D eigenvalue weighted by Crippen LogP contribution is -2.58. The van der Waals surface area contributed by atoms with Gasteiger partial charge in [-0.2, -0.15) is 0 Å². The van der Waals surface area contributed by atoms with Gasteiger partial charge in [-0.1, -0.05) is 55.0 Å². The molecule has 0 bridgehead atoms. The van der Waals surface area contributed by atoms with Crippen molar-refractivity contribution in [1.29, 1.82) is 0 Å². The Hall–Kier alpha value is -0.219. The van der Waals surface area contributed by atoms with Gasteiger partial charge < -0.3 is 13.0 Å². The molecule has 0 saturated heterocycles. The van der Waals surface area contributed by atoms with E-state index < -0.39 is 25.2 Å². The topological polar surface area (TPSA) is 44.8 Å². The van der Waals surface area contributed by atoms with Crippen LogP contribution in [-0.2, 0) is 17.8 Å². The van der Waals surface area contributed by atoms with Gasteiger partial charge in [0.15, 0.2) is 16.6 Å². The molecule has 0 spiro atoms. The van der Waals surface area contributed by atoms with Crippen LogP contribution in [0.5, 0.6) is 0 Å². The van der Waals surface area contributed by atoms with Gasteiger partial charge >= 0.3 is 14.5 Å². The Morgan fingerprint density at radius 3 is 1.54 bits per heavy atom. The smallest absolute Gasteiger partial charge is 0.333 e. The van der Waals surface area contributed by atoms with Crippen molar-refractivity contribution >= 4 is 31.2 Å². The van der Waals surface area contributed by atoms with Crippen molar-refractivity contribution in [2.45, 2.75) is 110 Å². The lowest BCUT2D eigenvalue weighted by atomic mass is 10.4. The molecule has 166 valence electrons. The van der Waals surface area contributed by atoms with E-state index >= 15 is 0 Å². The molecule has 0 heterocycles. The van der Waals surface area contributed by atoms with E-state index in [0.717, 1.165) is 36.6 Å². The summed E-state index contributed by atoms with van der Waals surface area (Å²) < 4.78 is 19.6. The second kappa shape index (κ2) is 13.2. The molecule has 7 heteroatoms. The third kappa shape index (κ3) is 7.89. The van der Waals surface area contributed by atoms with Gasteiger partial charge in [-0.25, -0.2) is 4.79 Å². The van der Waals surface area contributed by atoms with Crippen LogP contribution in [0.4, 0.5) is 0 Å². The van der Waals surface area contributed by atoms with Crippen LogP contribution in [0.1, 0.15) is 61.8 Å². The minimum Gasteiger partial charge on any atom is -0.462 e. The number of carbonyl (C=O) groups is 1. The number of carbonyl (C=O) groups excluding carboxylic acids is 1. The molecule has 0 radical (unpaired) electrons. The van der Waals surface area contributed by atoms with E-state index in [1.54, 1.807) is 6.92 Å². The summed E-state index contributed by atoms with van der Waals surface area (Å²) in [5, 5.41) is 0. The molecule has 4 nitrogen and oxygen atoms in total. The van der Waals surface area contributed by atoms with Crippen LogP contribution in [-0.4, -0.2) is 37.8 Å². The van der Waals surface area contributed by atoms with Crippen LogP contribution in [0, 0.1) is 0 Å². The first-order valence-electron chi connectivity index (χ1n) is 11.4. The molecule has 0 aliphatic rings. The molecule has 28 heavy (non-hydrogen) atoms. The lowest BCUT2D eigenvalue weighted by Gasteiger charge is -2.45. The Morgan fingerprint density at radius 1 is 0.750 bits per heavy atom. The monoisotopic (exact) mass is 446 g/mol. The number of hydrogen-bond acceptors (Lipinski definition) is 4. The van der Waals surface area contributed by atoms with Gasteiger partial charge in [-0.05, 0) is 61.7 Å². The third-order valence-corrected chi connectivity index (χ3v) is 22.8. The van der Waals surface area contributed by atoms with Gasteiger partial charge in [-0.15, -0.1) is 0 Å². The van der Waals surface area contributed by atoms with Crippen molar-refractivity contribution in [1.82, 2.24) is 0 Å². The molecule has 0 amide bonds. The van der Waals surface area contributed by atoms with Crippen molar-refractivity contribution in [3.05, 3.63) is 12.2 Å². The van der Waals surface area contributed by atoms with E-state index in [1.807, 2.05) is 0 Å². The van der Waals surface area contributed by atoms with Gasteiger partial charge in [0.05, 0.1) is 6.61 Å². The number of hydrogen-bond donors (Lipinski definition) is 0. The maximum atomic E-state index is 11.6. The average molecular weight is 447 g/mol. The first-order valence-corrected chi connectivity index (χ1v) is 18.7. The lowest BCUT2D eigenvalue weighted by molar-refractivity contribution is -0.138. The van der Waals surface area contributed by atoms with E-state index in [9.17, 15) is 4.79 Å². The Labute approximate surface area is 177 Å². The Balaban J connectivity index is 5.33. The molecule has 0 rings (SSSR count). The Morgan fingerprint density at radius 2 is 1.18 bits per heavy atom. The second-order valence-corrected chi connectivity index (χ2v) is 21.6. The van der Waals surface area contributed by atoms with E-state index in [0.29, 0.717) is 12.2 Å². The zero-order chi connectivity index (χ0) is 21.8. The fourth-order valence-corrected chi connectivity index (χ4v) is 20.3. The molecule has 0 N–H and O–H groups in total. The Kier molecular flexibility index (Phi) is 13.1. The summed E-state index contributed by atoms with van der Waals surface area (Å²) in [6.45, 7) is 21.7. The highest BCUT2D eigenvalue weighted by atomic mass is 28.5. The quantitative estimate of drug-likeness (QED) is 0.111. The van der Waals surface area contributed by atoms with Crippen LogP contribution in [0.2, 0.25) is 48.4 Å². The van der Waals surface area contributed by atoms with Crippen molar-refractivity contribution in [3.8, 4) is 0 Å². The van der Waals surface area contributed by atoms with Crippen LogP contribution < -0.4 is 0 Å². The summed E-state index contributed by atoms with van der Waals surface area (Å²) in [5.74, 6) is -0.292. The zero-order valence-electron chi connectivity index (χ0n) is 19.9. The molecule has 0 unspecified atom stereocenters. The highest BCUT2D eigenvalue weighted by Gasteiger charge is 2.47. The summed E-state index contributed by atoms with van der Waals surface area (Å²) >= 11 is 0. The first kappa shape index (κ1) is 27.8. The molecular formula is C21H46O4Si3. The van der Waals surface area contributed by atoms with Gasteiger partial charge in [0, 0.05) is 5.57 Å². The van der Waals surface area contributed by atoms with Gasteiger partial charge in [-0.3, -0.25) is 0 Å². The van der Waals surface area contributed by atoms with Crippen LogP contribution in [0.15, 0.2) is 12.2 Å². The summed E-state index contributed by atoms with van der Waals surface area (Å²) in [6, 6.07) is 8.77. The fraction of sp³-hybridized carbons (Fsp3) is 0.857. The number of esters is 1. The molecule has 0 atom stereocenters. The second-order valence-electron chi connectivity index (χ2n) is 7.98. The first-order chi connectivity index (χ1) is 13.2. The van der Waals surface area contributed by atoms with E-state index in [-0.39, 0.29) is 5.97 Å². The standard InChI is InChI=1S/C21H46O4Si3/c1-10-26(11-2,12-3)24-28(15-6,16-7)25-27(13-4,14-5)19-17-18-23-21(22)20(8)9/h8,10-19H2,1-7,9H3. The highest BCUT2D eigenvalue weighted by Crippen LogP contribution is 2.36. The third-order valence-electron chi connectivity index (χ3n) is 6.46. The van der Waals surface area contributed by atoms with Crippen molar-refractivity contribution in [2.75, 3.05) is 6.61 Å². The summed E-state index contributed by atoms with van der Waals surface area (Å²) in [7, 11) is -5.84. The van der Waals surface area contributed by atoms with Crippen LogP contribution >= 0.6 is 0 Å². The molecule has 0 aliphatic heterocycles. The van der Waals surface area contributed by atoms with Gasteiger partial charge in [0.1, 0.15) is 0 Å². The molecular weight excluding hydrogens is 400 g/mol. The maximum absolute atomic E-state index is 11.6. The van der Waals surface area contributed by atoms with Crippen molar-refractivity contribution in [3.63, 3.8) is 0 Å². The predicted molar refractivity (Wildman–Crippen MR) is 128 cm³/mol. The largest absolute Gasteiger partial charge is 0.462 e. The van der Waals surface area contributed by atoms with E-state index in [4.69, 9.17) is 13.0 Å². The summed E-state index contributed by atoms with van der Waals surface area (Å²) in [4.78, 5) is 11.6. The molecule has 0 aromatic rings. The van der Waals surface area contributed by atoms with Gasteiger partial charge in [0.25, 0.3) is 0 Å². The van der Waals surface area contributed by atoms with E-state index in [1.165, 1.54) is 18.1 Å². The van der Waals surface area contributed by atoms with Crippen LogP contribution in [0.25, 0.3) is 0 Å². The summed E-state index contributed by atoms with van der Waals surface area (Å²) in [6.07, 6.45) is 0.864. The SMILES string of the molecule is C=C(C)C(=O)OCCC[Si](CC)(CC)O[Si](CC)(CC)O[Si](CC)(CC)CC. The minimum absolute atomic E-state index is 0.292. The molecule has 0 aromatic carbocycles. The zero-order valence-corrected chi connectivity index (χ0v) is 22.9. The summed E-state index contributed by atoms with van der Waals surface area (Å²) in [5.41, 5.74) is 0.461. The fourth-order valence-electron chi connectivity index (χ4n) is 3.80. The molecule has 0 aliphatic carbocycles. The Bertz CT molecular complexity index is 462. The van der Waals surface area contributed by atoms with E-state index in [2.05, 4.69) is 55.0 Å². The van der Waals surface area contributed by atoms with Gasteiger partial charge in [0.2, 0.25) is 0 Å². The predicted octanol–water partition coefficient (Wildman–Crippen LogP) is 7.00.